The van der Waals surface area contributed by atoms with Crippen molar-refractivity contribution in [3.8, 4) is 11.1 Å². The molecule has 0 aliphatic carbocycles. The maximum Gasteiger partial charge on any atom is 0.253 e. The van der Waals surface area contributed by atoms with E-state index in [1.165, 1.54) is 12.1 Å². The van der Waals surface area contributed by atoms with Crippen LogP contribution in [-0.4, -0.2) is 29.9 Å². The van der Waals surface area contributed by atoms with Gasteiger partial charge >= 0.3 is 0 Å². The van der Waals surface area contributed by atoms with E-state index in [1.807, 2.05) is 25.1 Å². The van der Waals surface area contributed by atoms with Crippen molar-refractivity contribution in [1.82, 2.24) is 19.6 Å². The molecule has 4 rings (SSSR count). The molecule has 1 atom stereocenters. The number of hydrogen-bond acceptors (Lipinski definition) is 5. The maximum absolute atomic E-state index is 13.3. The van der Waals surface area contributed by atoms with Gasteiger partial charge in [0.05, 0.1) is 23.4 Å². The van der Waals surface area contributed by atoms with E-state index in [0.29, 0.717) is 29.1 Å². The first-order valence-electron chi connectivity index (χ1n) is 9.80. The first-order valence-corrected chi connectivity index (χ1v) is 11.1. The van der Waals surface area contributed by atoms with E-state index >= 15 is 0 Å². The van der Waals surface area contributed by atoms with Gasteiger partial charge in [0.1, 0.15) is 22.8 Å². The summed E-state index contributed by atoms with van der Waals surface area (Å²) in [6, 6.07) is 11.9. The molecule has 1 N–H and O–H groups in total. The fourth-order valence-electron chi connectivity index (χ4n) is 3.42. The average molecular weight is 440 g/mol. The van der Waals surface area contributed by atoms with Crippen LogP contribution in [0.4, 0.5) is 10.1 Å². The highest BCUT2D eigenvalue weighted by molar-refractivity contribution is 7.92. The van der Waals surface area contributed by atoms with Gasteiger partial charge in [-0.15, -0.1) is 5.10 Å². The van der Waals surface area contributed by atoms with Crippen LogP contribution in [0.25, 0.3) is 22.2 Å². The van der Waals surface area contributed by atoms with E-state index in [9.17, 15) is 13.7 Å². The minimum Gasteiger partial charge on any atom is -0.593 e. The van der Waals surface area contributed by atoms with Gasteiger partial charge in [-0.1, -0.05) is 17.3 Å². The topological polar surface area (TPSA) is 87.8 Å². The minimum absolute atomic E-state index is 0.0571. The van der Waals surface area contributed by atoms with Crippen molar-refractivity contribution in [3.05, 3.63) is 76.0 Å². The van der Waals surface area contributed by atoms with E-state index < -0.39 is 11.4 Å². The predicted octanol–water partition coefficient (Wildman–Crippen LogP) is 3.39. The predicted molar refractivity (Wildman–Crippen MR) is 121 cm³/mol. The fraction of sp³-hybridized carbons (Fsp3) is 0.227. The normalized spacial score (nSPS) is 12.3. The molecule has 0 aliphatic heterocycles. The third kappa shape index (κ3) is 4.33. The van der Waals surface area contributed by atoms with Gasteiger partial charge in [-0.05, 0) is 60.9 Å². The quantitative estimate of drug-likeness (QED) is 0.465. The number of aromatic nitrogens is 4. The molecule has 0 aliphatic rings. The third-order valence-electron chi connectivity index (χ3n) is 5.05. The van der Waals surface area contributed by atoms with Gasteiger partial charge in [-0.2, -0.15) is 0 Å². The van der Waals surface area contributed by atoms with Gasteiger partial charge in [-0.25, -0.2) is 13.8 Å². The molecule has 0 spiro atoms. The van der Waals surface area contributed by atoms with E-state index in [0.717, 1.165) is 22.2 Å². The Bertz CT molecular complexity index is 1270. The summed E-state index contributed by atoms with van der Waals surface area (Å²) in [6.45, 7) is 4.00. The molecule has 0 bridgehead atoms. The van der Waals surface area contributed by atoms with Crippen molar-refractivity contribution in [3.63, 3.8) is 0 Å². The number of pyridine rings is 1. The van der Waals surface area contributed by atoms with Gasteiger partial charge in [0.2, 0.25) is 0 Å². The van der Waals surface area contributed by atoms with Gasteiger partial charge in [0, 0.05) is 18.8 Å². The second-order valence-electron chi connectivity index (χ2n) is 7.33. The molecular weight excluding hydrogens is 417 g/mol. The summed E-state index contributed by atoms with van der Waals surface area (Å²) < 4.78 is 31.8. The van der Waals surface area contributed by atoms with Gasteiger partial charge in [0.25, 0.3) is 5.56 Å². The number of fused-ring (bicyclic) bond motifs is 1. The van der Waals surface area contributed by atoms with E-state index in [-0.39, 0.29) is 11.4 Å². The van der Waals surface area contributed by atoms with Crippen LogP contribution < -0.4 is 10.3 Å². The molecular formula is C22H22FN5O2S. The maximum atomic E-state index is 13.3. The minimum atomic E-state index is -1.27. The SMILES string of the molecule is CC[S+]([O-])Nc1cc(-c2cc(C)c(=O)n(C)c2)cc2c1nnn2Cc1ccc(F)cc1. The van der Waals surface area contributed by atoms with Crippen LogP contribution in [0.2, 0.25) is 0 Å². The zero-order valence-electron chi connectivity index (χ0n) is 17.4. The lowest BCUT2D eigenvalue weighted by molar-refractivity contribution is 0.601. The summed E-state index contributed by atoms with van der Waals surface area (Å²) in [4.78, 5) is 12.1. The lowest BCUT2D eigenvalue weighted by Crippen LogP contribution is -2.18. The summed E-state index contributed by atoms with van der Waals surface area (Å²) in [6.07, 6.45) is 1.77. The number of benzene rings is 2. The van der Waals surface area contributed by atoms with Crippen molar-refractivity contribution in [2.24, 2.45) is 7.05 Å². The van der Waals surface area contributed by atoms with Gasteiger partial charge in [-0.3, -0.25) is 4.79 Å². The Hall–Kier alpha value is -3.17. The number of halogens is 1. The molecule has 0 amide bonds. The molecule has 4 aromatic rings. The molecule has 2 aromatic heterocycles. The molecule has 0 fully saturated rings. The van der Waals surface area contributed by atoms with Crippen molar-refractivity contribution in [2.75, 3.05) is 10.5 Å². The molecule has 2 aromatic carbocycles. The summed E-state index contributed by atoms with van der Waals surface area (Å²) >= 11 is -1.27. The van der Waals surface area contributed by atoms with Crippen LogP contribution in [0.5, 0.6) is 0 Å². The Morgan fingerprint density at radius 1 is 1.16 bits per heavy atom. The fourth-order valence-corrected chi connectivity index (χ4v) is 3.97. The molecule has 160 valence electrons. The third-order valence-corrected chi connectivity index (χ3v) is 6.02. The Morgan fingerprint density at radius 3 is 2.58 bits per heavy atom. The van der Waals surface area contributed by atoms with Crippen LogP contribution in [0, 0.1) is 12.7 Å². The molecule has 0 saturated carbocycles. The van der Waals surface area contributed by atoms with Gasteiger partial charge < -0.3 is 9.12 Å². The Labute approximate surface area is 181 Å². The first-order chi connectivity index (χ1) is 14.9. The molecule has 0 saturated heterocycles. The lowest BCUT2D eigenvalue weighted by atomic mass is 10.0. The van der Waals surface area contributed by atoms with Crippen molar-refractivity contribution < 1.29 is 8.94 Å². The second-order valence-corrected chi connectivity index (χ2v) is 8.80. The molecule has 31 heavy (non-hydrogen) atoms. The number of aryl methyl sites for hydroxylation is 2. The summed E-state index contributed by atoms with van der Waals surface area (Å²) in [5.74, 6) is 0.141. The zero-order chi connectivity index (χ0) is 22.1. The molecule has 7 nitrogen and oxygen atoms in total. The van der Waals surface area contributed by atoms with E-state index in [4.69, 9.17) is 0 Å². The van der Waals surface area contributed by atoms with Crippen molar-refractivity contribution >= 4 is 28.1 Å². The zero-order valence-corrected chi connectivity index (χ0v) is 18.2. The van der Waals surface area contributed by atoms with Crippen LogP contribution in [0.15, 0.2) is 53.5 Å². The summed E-state index contributed by atoms with van der Waals surface area (Å²) in [5, 5.41) is 8.56. The average Bonchev–Trinajstić information content (AvgIpc) is 3.16. The standard InChI is InChI=1S/C22H22FN5O2S/c1-4-31(30)25-19-10-16(17-9-14(2)22(29)27(3)13-17)11-20-21(19)24-26-28(20)12-15-5-7-18(23)8-6-15/h5-11,13,25H,4,12H2,1-3H3. The largest absolute Gasteiger partial charge is 0.593 e. The number of nitrogens with zero attached hydrogens (tertiary/aromatic N) is 4. The summed E-state index contributed by atoms with van der Waals surface area (Å²) in [7, 11) is 1.71. The highest BCUT2D eigenvalue weighted by Gasteiger charge is 2.17. The first kappa shape index (κ1) is 21.1. The number of nitrogens with one attached hydrogen (secondary N) is 1. The van der Waals surface area contributed by atoms with Crippen LogP contribution >= 0.6 is 0 Å². The summed E-state index contributed by atoms with van der Waals surface area (Å²) in [5.41, 5.74) is 5.07. The van der Waals surface area contributed by atoms with Gasteiger partial charge in [0.15, 0.2) is 0 Å². The lowest BCUT2D eigenvalue weighted by Gasteiger charge is -2.13. The molecule has 2 heterocycles. The number of rotatable bonds is 6. The Kier molecular flexibility index (Phi) is 5.79. The molecule has 0 radical (unpaired) electrons. The van der Waals surface area contributed by atoms with E-state index in [2.05, 4.69) is 15.0 Å². The highest BCUT2D eigenvalue weighted by Crippen LogP contribution is 2.31. The molecule has 9 heteroatoms. The smallest absolute Gasteiger partial charge is 0.253 e. The monoisotopic (exact) mass is 439 g/mol. The number of hydrogen-bond donors (Lipinski definition) is 1. The Morgan fingerprint density at radius 2 is 1.90 bits per heavy atom. The van der Waals surface area contributed by atoms with Crippen LogP contribution in [-0.2, 0) is 25.0 Å². The second kappa shape index (κ2) is 8.52. The number of anilines is 1. The van der Waals surface area contributed by atoms with Crippen molar-refractivity contribution in [1.29, 1.82) is 0 Å². The Balaban J connectivity index is 1.86. The van der Waals surface area contributed by atoms with E-state index in [1.54, 1.807) is 41.5 Å². The molecule has 1 unspecified atom stereocenters. The van der Waals surface area contributed by atoms with Crippen molar-refractivity contribution in [2.45, 2.75) is 20.4 Å². The highest BCUT2D eigenvalue weighted by atomic mass is 32.2. The van der Waals surface area contributed by atoms with Crippen LogP contribution in [0.1, 0.15) is 18.1 Å². The van der Waals surface area contributed by atoms with Crippen LogP contribution in [0.3, 0.4) is 0 Å².